The number of allylic oxidation sites excluding steroid dienone is 4. The Labute approximate surface area is 149 Å². The van der Waals surface area contributed by atoms with Crippen LogP contribution in [0.2, 0.25) is 0 Å². The minimum Gasteiger partial charge on any atom is -0.393 e. The molecule has 25 heavy (non-hydrogen) atoms. The summed E-state index contributed by atoms with van der Waals surface area (Å²) in [5, 5.41) is 31.3. The highest BCUT2D eigenvalue weighted by atomic mass is 16.3. The maximum atomic E-state index is 12.1. The molecule has 0 bridgehead atoms. The molecule has 4 heteroatoms. The topological polar surface area (TPSA) is 77.8 Å². The molecule has 1 fully saturated rings. The van der Waals surface area contributed by atoms with Crippen molar-refractivity contribution in [2.45, 2.75) is 77.1 Å². The number of carbonyl (C=O) groups is 1. The highest BCUT2D eigenvalue weighted by Crippen LogP contribution is 2.58. The molecular weight excluding hydrogens is 316 g/mol. The van der Waals surface area contributed by atoms with E-state index in [0.29, 0.717) is 19.3 Å². The van der Waals surface area contributed by atoms with Crippen LogP contribution in [0.25, 0.3) is 0 Å². The molecule has 0 radical (unpaired) electrons. The summed E-state index contributed by atoms with van der Waals surface area (Å²) >= 11 is 0. The highest BCUT2D eigenvalue weighted by molar-refractivity contribution is 5.86. The third-order valence-corrected chi connectivity index (χ3v) is 6.84. The molecule has 0 heterocycles. The molecule has 3 aliphatic carbocycles. The number of fused-ring (bicyclic) bond motifs is 1. The number of aliphatic hydroxyl groups is 3. The number of rotatable bonds is 3. The van der Waals surface area contributed by atoms with Crippen molar-refractivity contribution in [3.63, 3.8) is 0 Å². The van der Waals surface area contributed by atoms with Gasteiger partial charge in [-0.15, -0.1) is 0 Å². The van der Waals surface area contributed by atoms with Gasteiger partial charge in [-0.2, -0.15) is 0 Å². The normalized spacial score (nSPS) is 41.8. The van der Waals surface area contributed by atoms with E-state index in [0.717, 1.165) is 30.4 Å². The van der Waals surface area contributed by atoms with Crippen LogP contribution in [0.4, 0.5) is 0 Å². The second kappa shape index (κ2) is 6.49. The fraction of sp³-hybridized carbons (Fsp3) is 0.667. The molecule has 138 valence electrons. The molecule has 5 atom stereocenters. The number of ketones is 1. The largest absolute Gasteiger partial charge is 0.393 e. The van der Waals surface area contributed by atoms with E-state index in [1.165, 1.54) is 12.5 Å². The first kappa shape index (κ1) is 18.6. The maximum absolute atomic E-state index is 12.1. The van der Waals surface area contributed by atoms with E-state index in [1.54, 1.807) is 0 Å². The second-order valence-corrected chi connectivity index (χ2v) is 8.40. The number of hydrogen-bond donors (Lipinski definition) is 3. The lowest BCUT2D eigenvalue weighted by atomic mass is 9.61. The second-order valence-electron chi connectivity index (χ2n) is 8.40. The zero-order valence-corrected chi connectivity index (χ0v) is 15.5. The van der Waals surface area contributed by atoms with Crippen molar-refractivity contribution in [1.82, 2.24) is 0 Å². The third kappa shape index (κ3) is 3.05. The first-order valence-electron chi connectivity index (χ1n) is 9.35. The lowest BCUT2D eigenvalue weighted by Gasteiger charge is -2.45. The molecule has 0 spiro atoms. The van der Waals surface area contributed by atoms with Crippen LogP contribution < -0.4 is 0 Å². The Morgan fingerprint density at radius 1 is 1.28 bits per heavy atom. The summed E-state index contributed by atoms with van der Waals surface area (Å²) in [4.78, 5) is 12.1. The molecule has 1 saturated carbocycles. The van der Waals surface area contributed by atoms with Crippen molar-refractivity contribution in [3.05, 3.63) is 34.9 Å². The van der Waals surface area contributed by atoms with Gasteiger partial charge in [0.25, 0.3) is 0 Å². The first-order valence-corrected chi connectivity index (χ1v) is 9.35. The highest BCUT2D eigenvalue weighted by Gasteiger charge is 2.61. The van der Waals surface area contributed by atoms with Gasteiger partial charge in [-0.05, 0) is 69.4 Å². The van der Waals surface area contributed by atoms with Crippen molar-refractivity contribution in [2.75, 3.05) is 0 Å². The van der Waals surface area contributed by atoms with E-state index in [1.807, 2.05) is 25.2 Å². The average Bonchev–Trinajstić information content (AvgIpc) is 2.80. The Morgan fingerprint density at radius 3 is 2.68 bits per heavy atom. The number of Topliss-reactive ketones (excluding diaryl/α,β-unsaturated/α-hetero) is 1. The molecule has 3 rings (SSSR count). The molecule has 0 saturated heterocycles. The van der Waals surface area contributed by atoms with E-state index in [4.69, 9.17) is 0 Å². The zero-order chi connectivity index (χ0) is 18.4. The van der Waals surface area contributed by atoms with Crippen LogP contribution in [-0.4, -0.2) is 38.9 Å². The Bertz CT molecular complexity index is 659. The number of hydrogen-bond acceptors (Lipinski definition) is 4. The number of aliphatic hydroxyl groups excluding tert-OH is 2. The molecule has 0 aromatic carbocycles. The van der Waals surface area contributed by atoms with E-state index in [2.05, 4.69) is 6.92 Å². The van der Waals surface area contributed by atoms with Crippen LogP contribution >= 0.6 is 0 Å². The predicted octanol–water partition coefficient (Wildman–Crippen LogP) is 2.83. The predicted molar refractivity (Wildman–Crippen MR) is 96.9 cm³/mol. The van der Waals surface area contributed by atoms with Gasteiger partial charge in [0.05, 0.1) is 12.2 Å². The van der Waals surface area contributed by atoms with Crippen LogP contribution in [-0.2, 0) is 4.79 Å². The van der Waals surface area contributed by atoms with Crippen molar-refractivity contribution < 1.29 is 20.1 Å². The smallest absolute Gasteiger partial charge is 0.161 e. The van der Waals surface area contributed by atoms with Gasteiger partial charge in [-0.3, -0.25) is 4.79 Å². The summed E-state index contributed by atoms with van der Waals surface area (Å²) < 4.78 is 0. The molecule has 0 unspecified atom stereocenters. The standard InChI is InChI=1S/C21H30O4/c1-13-4-7-17(23)10-15(13)5-6-16-11-18(24)12-20(3)19(16)8-9-21(20,25)14(2)22/h5-6,11,17-19,23-25H,4,7-10,12H2,1-3H3/b6-5+/t17-,18-,19+,20+,21+/m1/s1. The summed E-state index contributed by atoms with van der Waals surface area (Å²) in [5.74, 6) is -0.139. The van der Waals surface area contributed by atoms with Gasteiger partial charge < -0.3 is 15.3 Å². The van der Waals surface area contributed by atoms with Gasteiger partial charge in [-0.1, -0.05) is 30.7 Å². The summed E-state index contributed by atoms with van der Waals surface area (Å²) in [6, 6.07) is 0. The summed E-state index contributed by atoms with van der Waals surface area (Å²) in [5.41, 5.74) is 1.46. The van der Waals surface area contributed by atoms with Gasteiger partial charge in [0.1, 0.15) is 5.60 Å². The van der Waals surface area contributed by atoms with Crippen molar-refractivity contribution in [3.8, 4) is 0 Å². The number of carbonyl (C=O) groups excluding carboxylic acids is 1. The zero-order valence-electron chi connectivity index (χ0n) is 15.5. The van der Waals surface area contributed by atoms with Crippen molar-refractivity contribution in [1.29, 1.82) is 0 Å². The first-order chi connectivity index (χ1) is 11.7. The molecule has 0 aromatic rings. The lowest BCUT2D eigenvalue weighted by Crippen LogP contribution is -2.53. The van der Waals surface area contributed by atoms with Gasteiger partial charge in [-0.25, -0.2) is 0 Å². The molecule has 0 aliphatic heterocycles. The Morgan fingerprint density at radius 2 is 2.00 bits per heavy atom. The lowest BCUT2D eigenvalue weighted by molar-refractivity contribution is -0.150. The third-order valence-electron chi connectivity index (χ3n) is 6.84. The van der Waals surface area contributed by atoms with Crippen LogP contribution in [0.5, 0.6) is 0 Å². The Balaban J connectivity index is 1.90. The molecular formula is C21H30O4. The van der Waals surface area contributed by atoms with Gasteiger partial charge in [0.2, 0.25) is 0 Å². The Hall–Kier alpha value is -1.23. The summed E-state index contributed by atoms with van der Waals surface area (Å²) in [6.45, 7) is 5.49. The fourth-order valence-electron chi connectivity index (χ4n) is 5.15. The maximum Gasteiger partial charge on any atom is 0.161 e. The molecule has 4 nitrogen and oxygen atoms in total. The van der Waals surface area contributed by atoms with Crippen LogP contribution in [0, 0.1) is 11.3 Å². The van der Waals surface area contributed by atoms with E-state index in [-0.39, 0.29) is 17.8 Å². The van der Waals surface area contributed by atoms with Crippen LogP contribution in [0.3, 0.4) is 0 Å². The molecule has 3 N–H and O–H groups in total. The van der Waals surface area contributed by atoms with Crippen LogP contribution in [0.15, 0.2) is 34.9 Å². The minimum absolute atomic E-state index is 0.0653. The summed E-state index contributed by atoms with van der Waals surface area (Å²) in [6.07, 6.45) is 8.99. The van der Waals surface area contributed by atoms with Crippen LogP contribution in [0.1, 0.15) is 59.3 Å². The van der Waals surface area contributed by atoms with Gasteiger partial charge >= 0.3 is 0 Å². The minimum atomic E-state index is -1.36. The Kier molecular flexibility index (Phi) is 4.82. The monoisotopic (exact) mass is 346 g/mol. The SMILES string of the molecule is CC(=O)[C@@]1(O)CC[C@H]2C(/C=C/C3=C(C)CC[C@@H](O)C3)=C[C@@H](O)C[C@@]21C. The van der Waals surface area contributed by atoms with E-state index < -0.39 is 17.1 Å². The molecule has 0 aromatic heterocycles. The summed E-state index contributed by atoms with van der Waals surface area (Å²) in [7, 11) is 0. The quantitative estimate of drug-likeness (QED) is 0.734. The fourth-order valence-corrected chi connectivity index (χ4v) is 5.15. The average molecular weight is 346 g/mol. The van der Waals surface area contributed by atoms with E-state index in [9.17, 15) is 20.1 Å². The van der Waals surface area contributed by atoms with Crippen molar-refractivity contribution in [2.24, 2.45) is 11.3 Å². The van der Waals surface area contributed by atoms with Crippen molar-refractivity contribution >= 4 is 5.78 Å². The molecule has 3 aliphatic rings. The molecule has 0 amide bonds. The van der Waals surface area contributed by atoms with E-state index >= 15 is 0 Å². The van der Waals surface area contributed by atoms with Gasteiger partial charge in [0, 0.05) is 5.41 Å². The van der Waals surface area contributed by atoms with Gasteiger partial charge in [0.15, 0.2) is 5.78 Å².